The standard InChI is InChI=1S/C36H41N5O5Si/c1-24-34(47(2,3)45)32(16-18-39-22-30(37-38-39)28(23-42)26-12-8-5-9-13-26)46-36(24)29-20-27(40-19-17-33(40)43)14-15-31(29)41(35(36)44)21-25-10-6-4-7-11-25/h4-15,20,22,24,28,32,34,42,45H,16-19,21,23H2,1-3H3/t24-,28?,32+,34-,36+/m1/s1. The van der Waals surface area contributed by atoms with Crippen LogP contribution in [0.25, 0.3) is 0 Å². The minimum atomic E-state index is -2.87. The number of benzene rings is 3. The molecular weight excluding hydrogens is 611 g/mol. The topological polar surface area (TPSA) is 121 Å². The summed E-state index contributed by atoms with van der Waals surface area (Å²) in [6.07, 6.45) is 2.45. The largest absolute Gasteiger partial charge is 0.432 e. The number of aromatic nitrogens is 3. The van der Waals surface area contributed by atoms with Gasteiger partial charge in [0.15, 0.2) is 13.9 Å². The number of aliphatic hydroxyl groups is 1. The number of anilines is 2. The fourth-order valence-electron chi connectivity index (χ4n) is 7.91. The number of carbonyl (C=O) groups is 2. The van der Waals surface area contributed by atoms with Gasteiger partial charge in [-0.15, -0.1) is 5.10 Å². The summed E-state index contributed by atoms with van der Waals surface area (Å²) >= 11 is 0. The van der Waals surface area contributed by atoms with Gasteiger partial charge in [-0.05, 0) is 48.8 Å². The Morgan fingerprint density at radius 1 is 1.04 bits per heavy atom. The zero-order valence-corrected chi connectivity index (χ0v) is 28.0. The first-order valence-corrected chi connectivity index (χ1v) is 19.4. The number of β-lactam (4-membered cyclic amide) rings is 1. The summed E-state index contributed by atoms with van der Waals surface area (Å²) in [7, 11) is -2.87. The van der Waals surface area contributed by atoms with E-state index in [9.17, 15) is 19.5 Å². The van der Waals surface area contributed by atoms with Crippen molar-refractivity contribution in [1.29, 1.82) is 0 Å². The maximum atomic E-state index is 14.8. The molecule has 2 fully saturated rings. The van der Waals surface area contributed by atoms with Crippen molar-refractivity contribution in [2.24, 2.45) is 5.92 Å². The summed E-state index contributed by atoms with van der Waals surface area (Å²) in [5.41, 5.74) is 3.37. The molecule has 0 radical (unpaired) electrons. The average molecular weight is 652 g/mol. The van der Waals surface area contributed by atoms with Crippen LogP contribution in [0, 0.1) is 5.92 Å². The number of ether oxygens (including phenoxy) is 1. The minimum absolute atomic E-state index is 0.0624. The van der Waals surface area contributed by atoms with E-state index in [-0.39, 0.29) is 35.8 Å². The summed E-state index contributed by atoms with van der Waals surface area (Å²) in [6, 6.07) is 25.4. The highest BCUT2D eigenvalue weighted by Crippen LogP contribution is 2.60. The number of hydrogen-bond donors (Lipinski definition) is 2. The summed E-state index contributed by atoms with van der Waals surface area (Å²) < 4.78 is 8.78. The van der Waals surface area contributed by atoms with Gasteiger partial charge in [0.25, 0.3) is 5.91 Å². The van der Waals surface area contributed by atoms with Gasteiger partial charge in [0.05, 0.1) is 36.6 Å². The van der Waals surface area contributed by atoms with Crippen molar-refractivity contribution in [3.8, 4) is 0 Å². The fraction of sp³-hybridized carbons (Fsp3) is 0.389. The number of nitrogens with zero attached hydrogens (tertiary/aromatic N) is 5. The monoisotopic (exact) mass is 651 g/mol. The zero-order chi connectivity index (χ0) is 32.9. The first kappa shape index (κ1) is 31.4. The lowest BCUT2D eigenvalue weighted by atomic mass is 9.82. The van der Waals surface area contributed by atoms with Crippen LogP contribution in [0.15, 0.2) is 85.1 Å². The quantitative estimate of drug-likeness (QED) is 0.190. The predicted octanol–water partition coefficient (Wildman–Crippen LogP) is 4.57. The van der Waals surface area contributed by atoms with Crippen LogP contribution in [0.1, 0.15) is 48.1 Å². The molecule has 3 aliphatic rings. The number of rotatable bonds is 10. The molecule has 0 saturated carbocycles. The van der Waals surface area contributed by atoms with Crippen LogP contribution >= 0.6 is 0 Å². The molecule has 7 rings (SSSR count). The third-order valence-electron chi connectivity index (χ3n) is 10.3. The van der Waals surface area contributed by atoms with E-state index in [4.69, 9.17) is 4.74 Å². The van der Waals surface area contributed by atoms with Crippen LogP contribution in [0.5, 0.6) is 0 Å². The van der Waals surface area contributed by atoms with Crippen LogP contribution in [0.3, 0.4) is 0 Å². The second kappa shape index (κ2) is 12.1. The Kier molecular flexibility index (Phi) is 8.11. The molecule has 5 atom stereocenters. The van der Waals surface area contributed by atoms with Crippen LogP contribution in [0.4, 0.5) is 11.4 Å². The zero-order valence-electron chi connectivity index (χ0n) is 27.0. The lowest BCUT2D eigenvalue weighted by Gasteiger charge is -2.33. The highest BCUT2D eigenvalue weighted by molar-refractivity contribution is 6.71. The summed E-state index contributed by atoms with van der Waals surface area (Å²) in [4.78, 5) is 42.5. The summed E-state index contributed by atoms with van der Waals surface area (Å²) in [6.45, 7) is 7.27. The van der Waals surface area contributed by atoms with Gasteiger partial charge < -0.3 is 24.4 Å². The van der Waals surface area contributed by atoms with Gasteiger partial charge in [-0.25, -0.2) is 0 Å². The highest BCUT2D eigenvalue weighted by atomic mass is 28.4. The van der Waals surface area contributed by atoms with E-state index in [2.05, 4.69) is 10.3 Å². The van der Waals surface area contributed by atoms with Crippen molar-refractivity contribution in [1.82, 2.24) is 15.0 Å². The van der Waals surface area contributed by atoms with Crippen molar-refractivity contribution >= 4 is 31.5 Å². The van der Waals surface area contributed by atoms with Crippen LogP contribution in [0.2, 0.25) is 18.6 Å². The number of aliphatic hydroxyl groups excluding tert-OH is 1. The Morgan fingerprint density at radius 3 is 2.40 bits per heavy atom. The number of carbonyl (C=O) groups excluding carboxylic acids is 2. The number of hydrogen-bond acceptors (Lipinski definition) is 7. The van der Waals surface area contributed by atoms with E-state index in [1.807, 2.05) is 105 Å². The minimum Gasteiger partial charge on any atom is -0.432 e. The van der Waals surface area contributed by atoms with Gasteiger partial charge in [0.1, 0.15) is 0 Å². The second-order valence-electron chi connectivity index (χ2n) is 13.6. The van der Waals surface area contributed by atoms with E-state index in [0.717, 1.165) is 28.1 Å². The molecule has 4 heterocycles. The summed E-state index contributed by atoms with van der Waals surface area (Å²) in [5, 5.41) is 18.9. The third-order valence-corrected chi connectivity index (χ3v) is 12.8. The Labute approximate surface area is 275 Å². The van der Waals surface area contributed by atoms with Crippen LogP contribution in [-0.4, -0.2) is 64.3 Å². The van der Waals surface area contributed by atoms with Crippen molar-refractivity contribution in [2.75, 3.05) is 23.0 Å². The Balaban J connectivity index is 1.22. The SMILES string of the molecule is C[C@@H]1[C@@H]([Si](C)(C)O)[C@H](CCn2cc(C(CO)c3ccccc3)nn2)O[C@@]12C(=O)N(Cc1ccccc1)c1ccc(N3CCC3=O)cc12. The molecule has 2 amide bonds. The third kappa shape index (κ3) is 5.40. The predicted molar refractivity (Wildman–Crippen MR) is 180 cm³/mol. The first-order chi connectivity index (χ1) is 22.6. The molecule has 2 saturated heterocycles. The second-order valence-corrected chi connectivity index (χ2v) is 17.5. The van der Waals surface area contributed by atoms with Gasteiger partial charge in [-0.3, -0.25) is 14.3 Å². The Morgan fingerprint density at radius 2 is 1.77 bits per heavy atom. The molecule has 1 unspecified atom stereocenters. The Hall–Kier alpha value is -4.16. The number of fused-ring (bicyclic) bond motifs is 2. The fourth-order valence-corrected chi connectivity index (χ4v) is 10.5. The molecule has 10 nitrogen and oxygen atoms in total. The van der Waals surface area contributed by atoms with Gasteiger partial charge in [0.2, 0.25) is 5.91 Å². The van der Waals surface area contributed by atoms with E-state index in [1.54, 1.807) is 14.5 Å². The maximum absolute atomic E-state index is 14.8. The van der Waals surface area contributed by atoms with Gasteiger partial charge in [-0.1, -0.05) is 72.8 Å². The van der Waals surface area contributed by atoms with Crippen molar-refractivity contribution < 1.29 is 24.2 Å². The van der Waals surface area contributed by atoms with Crippen LogP contribution < -0.4 is 9.80 Å². The lowest BCUT2D eigenvalue weighted by Crippen LogP contribution is -2.46. The molecular formula is C36H41N5O5Si. The molecule has 0 bridgehead atoms. The molecule has 11 heteroatoms. The van der Waals surface area contributed by atoms with Crippen molar-refractivity contribution in [3.05, 3.63) is 107 Å². The molecule has 244 valence electrons. The number of amides is 2. The van der Waals surface area contributed by atoms with E-state index in [1.165, 1.54) is 0 Å². The van der Waals surface area contributed by atoms with Crippen molar-refractivity contribution in [3.63, 3.8) is 0 Å². The van der Waals surface area contributed by atoms with E-state index < -0.39 is 20.0 Å². The molecule has 2 N–H and O–H groups in total. The molecule has 47 heavy (non-hydrogen) atoms. The normalized spacial score (nSPS) is 24.6. The van der Waals surface area contributed by atoms with E-state index in [0.29, 0.717) is 38.2 Å². The maximum Gasteiger partial charge on any atom is 0.264 e. The molecule has 0 aliphatic carbocycles. The van der Waals surface area contributed by atoms with Gasteiger partial charge in [0, 0.05) is 48.4 Å². The van der Waals surface area contributed by atoms with Gasteiger partial charge in [-0.2, -0.15) is 0 Å². The first-order valence-electron chi connectivity index (χ1n) is 16.4. The summed E-state index contributed by atoms with van der Waals surface area (Å²) in [5.74, 6) is -0.689. The molecule has 3 aliphatic heterocycles. The van der Waals surface area contributed by atoms with E-state index >= 15 is 0 Å². The molecule has 4 aromatic rings. The van der Waals surface area contributed by atoms with Gasteiger partial charge >= 0.3 is 0 Å². The average Bonchev–Trinajstić information content (AvgIpc) is 3.71. The molecule has 3 aromatic carbocycles. The smallest absolute Gasteiger partial charge is 0.264 e. The van der Waals surface area contributed by atoms with Crippen molar-refractivity contribution in [2.45, 2.75) is 69.1 Å². The molecule has 1 spiro atoms. The lowest BCUT2D eigenvalue weighted by molar-refractivity contribution is -0.146. The molecule has 1 aromatic heterocycles. The number of aryl methyl sites for hydroxylation is 1. The highest BCUT2D eigenvalue weighted by Gasteiger charge is 2.66. The Bertz CT molecular complexity index is 1780. The van der Waals surface area contributed by atoms with Crippen LogP contribution in [-0.2, 0) is 33.0 Å².